The van der Waals surface area contributed by atoms with Gasteiger partial charge in [-0.05, 0) is 50.2 Å². The molecule has 1 aliphatic carbocycles. The Kier molecular flexibility index (Phi) is 9.72. The number of carbonyl (C=O) groups excluding carboxylic acids is 3. The minimum atomic E-state index is -1.17. The largest absolute Gasteiger partial charge is 0.394 e. The van der Waals surface area contributed by atoms with Gasteiger partial charge in [-0.2, -0.15) is 0 Å². The van der Waals surface area contributed by atoms with Gasteiger partial charge >= 0.3 is 0 Å². The quantitative estimate of drug-likeness (QED) is 0.315. The molecule has 8 heteroatoms. The van der Waals surface area contributed by atoms with E-state index in [1.807, 2.05) is 72.5 Å². The topological polar surface area (TPSA) is 90.4 Å². The number of hydrogen-bond acceptors (Lipinski definition) is 5. The van der Waals surface area contributed by atoms with Crippen molar-refractivity contribution in [3.8, 4) is 0 Å². The number of amides is 3. The number of ether oxygens (including phenoxy) is 1. The molecule has 1 saturated carbocycles. The average molecular weight is 640 g/mol. The predicted molar refractivity (Wildman–Crippen MR) is 181 cm³/mol. The summed E-state index contributed by atoms with van der Waals surface area (Å²) in [5, 5.41) is 10.9. The van der Waals surface area contributed by atoms with Gasteiger partial charge in [0.1, 0.15) is 11.6 Å². The van der Waals surface area contributed by atoms with Gasteiger partial charge in [0.15, 0.2) is 0 Å². The number of aliphatic hydroxyl groups excluding tert-OH is 1. The summed E-state index contributed by atoms with van der Waals surface area (Å²) in [5.41, 5.74) is -0.135. The number of hydrogen-bond donors (Lipinski definition) is 1. The summed E-state index contributed by atoms with van der Waals surface area (Å²) in [5.74, 6) is -2.22. The normalized spacial score (nSPS) is 28.9. The SMILES string of the molecule is C=CCN(Cc1ccccc1)C(=O)[C@H]1[C@H]2C(=O)N([C@@H](CO)Cc3ccccc3)C(C(=O)N(CC=C)C3CCCCC3)C23CC[C@]1(C)O3. The molecule has 2 unspecified atom stereocenters. The lowest BCUT2D eigenvalue weighted by Crippen LogP contribution is -2.60. The first-order valence-corrected chi connectivity index (χ1v) is 17.3. The fourth-order valence-electron chi connectivity index (χ4n) is 9.05. The maximum atomic E-state index is 15.1. The van der Waals surface area contributed by atoms with E-state index in [0.29, 0.717) is 38.9 Å². The van der Waals surface area contributed by atoms with E-state index in [0.717, 1.165) is 43.2 Å². The molecule has 4 fully saturated rings. The molecule has 3 heterocycles. The second-order valence-electron chi connectivity index (χ2n) is 14.1. The van der Waals surface area contributed by atoms with Crippen LogP contribution in [-0.2, 0) is 32.1 Å². The van der Waals surface area contributed by atoms with Crippen LogP contribution in [-0.4, -0.2) is 86.6 Å². The fourth-order valence-corrected chi connectivity index (χ4v) is 9.05. The van der Waals surface area contributed by atoms with Crippen LogP contribution >= 0.6 is 0 Å². The number of fused-ring (bicyclic) bond motifs is 1. The van der Waals surface area contributed by atoms with Crippen molar-refractivity contribution in [3.05, 3.63) is 97.1 Å². The van der Waals surface area contributed by atoms with Crippen LogP contribution in [0.3, 0.4) is 0 Å². The van der Waals surface area contributed by atoms with E-state index in [9.17, 15) is 14.7 Å². The van der Waals surface area contributed by atoms with Crippen LogP contribution in [0.2, 0.25) is 0 Å². The van der Waals surface area contributed by atoms with Crippen LogP contribution in [0.1, 0.15) is 63.0 Å². The fraction of sp³-hybridized carbons (Fsp3) is 0.513. The number of likely N-dealkylation sites (tertiary alicyclic amines) is 1. The second kappa shape index (κ2) is 13.8. The molecule has 2 bridgehead atoms. The maximum absolute atomic E-state index is 15.1. The summed E-state index contributed by atoms with van der Waals surface area (Å²) >= 11 is 0. The van der Waals surface area contributed by atoms with E-state index in [4.69, 9.17) is 4.74 Å². The summed E-state index contributed by atoms with van der Waals surface area (Å²) in [7, 11) is 0. The highest BCUT2D eigenvalue weighted by Gasteiger charge is 2.79. The van der Waals surface area contributed by atoms with E-state index < -0.39 is 35.1 Å². The van der Waals surface area contributed by atoms with E-state index in [-0.39, 0.29) is 30.4 Å². The first kappa shape index (κ1) is 33.2. The Balaban J connectivity index is 1.42. The first-order valence-electron chi connectivity index (χ1n) is 17.3. The Hall–Kier alpha value is -3.75. The first-order chi connectivity index (χ1) is 22.8. The molecule has 6 rings (SSSR count). The number of benzene rings is 2. The Morgan fingerprint density at radius 2 is 1.60 bits per heavy atom. The van der Waals surface area contributed by atoms with E-state index >= 15 is 4.79 Å². The summed E-state index contributed by atoms with van der Waals surface area (Å²) in [4.78, 5) is 50.0. The molecule has 0 radical (unpaired) electrons. The van der Waals surface area contributed by atoms with Gasteiger partial charge in [-0.1, -0.05) is 92.1 Å². The molecular formula is C39H49N3O5. The van der Waals surface area contributed by atoms with Gasteiger partial charge in [-0.15, -0.1) is 13.2 Å². The monoisotopic (exact) mass is 639 g/mol. The molecule has 6 atom stereocenters. The van der Waals surface area contributed by atoms with Crippen LogP contribution in [0.15, 0.2) is 86.0 Å². The van der Waals surface area contributed by atoms with Gasteiger partial charge in [0.2, 0.25) is 17.7 Å². The van der Waals surface area contributed by atoms with E-state index in [1.54, 1.807) is 22.0 Å². The van der Waals surface area contributed by atoms with Gasteiger partial charge in [-0.25, -0.2) is 0 Å². The molecule has 3 saturated heterocycles. The van der Waals surface area contributed by atoms with Crippen LogP contribution in [0.25, 0.3) is 0 Å². The number of nitrogens with zero attached hydrogens (tertiary/aromatic N) is 3. The Labute approximate surface area is 279 Å². The van der Waals surface area contributed by atoms with Crippen molar-refractivity contribution in [2.75, 3.05) is 19.7 Å². The smallest absolute Gasteiger partial charge is 0.248 e. The molecular weight excluding hydrogens is 590 g/mol. The summed E-state index contributed by atoms with van der Waals surface area (Å²) in [6.07, 6.45) is 9.95. The van der Waals surface area contributed by atoms with Gasteiger partial charge in [-0.3, -0.25) is 14.4 Å². The summed E-state index contributed by atoms with van der Waals surface area (Å²) < 4.78 is 6.99. The highest BCUT2D eigenvalue weighted by molar-refractivity contribution is 5.99. The molecule has 1 N–H and O–H groups in total. The lowest BCUT2D eigenvalue weighted by molar-refractivity contribution is -0.158. The Bertz CT molecular complexity index is 1460. The van der Waals surface area contributed by atoms with Gasteiger partial charge < -0.3 is 24.5 Å². The molecule has 0 aromatic heterocycles. The van der Waals surface area contributed by atoms with Gasteiger partial charge in [0.05, 0.1) is 30.1 Å². The van der Waals surface area contributed by atoms with Crippen molar-refractivity contribution in [2.24, 2.45) is 11.8 Å². The number of carbonyl (C=O) groups is 3. The molecule has 47 heavy (non-hydrogen) atoms. The summed E-state index contributed by atoms with van der Waals surface area (Å²) in [6.45, 7) is 10.6. The summed E-state index contributed by atoms with van der Waals surface area (Å²) in [6, 6.07) is 18.0. The minimum absolute atomic E-state index is 0.0453. The van der Waals surface area contributed by atoms with Gasteiger partial charge in [0.25, 0.3) is 0 Å². The minimum Gasteiger partial charge on any atom is -0.394 e. The zero-order valence-corrected chi connectivity index (χ0v) is 27.6. The molecule has 2 aromatic rings. The molecule has 3 aliphatic heterocycles. The third kappa shape index (κ3) is 5.95. The van der Waals surface area contributed by atoms with E-state index in [1.165, 1.54) is 0 Å². The van der Waals surface area contributed by atoms with Crippen LogP contribution in [0.4, 0.5) is 0 Å². The molecule has 3 amide bonds. The zero-order valence-electron chi connectivity index (χ0n) is 27.6. The van der Waals surface area contributed by atoms with Crippen molar-refractivity contribution in [1.82, 2.24) is 14.7 Å². The highest BCUT2D eigenvalue weighted by Crippen LogP contribution is 2.64. The van der Waals surface area contributed by atoms with E-state index in [2.05, 4.69) is 13.2 Å². The van der Waals surface area contributed by atoms with Crippen LogP contribution < -0.4 is 0 Å². The van der Waals surface area contributed by atoms with Crippen molar-refractivity contribution >= 4 is 17.7 Å². The van der Waals surface area contributed by atoms with Crippen molar-refractivity contribution in [2.45, 2.75) is 94.2 Å². The van der Waals surface area contributed by atoms with Crippen LogP contribution in [0, 0.1) is 11.8 Å². The standard InChI is InChI=1S/C39H49N3O5/c1-4-23-40(26-29-17-11-7-12-18-29)35(44)32-33-36(45)42(31(27-43)25-28-15-9-6-10-16-28)34(39(33)22-21-38(32,3)47-39)37(46)41(24-5-2)30-19-13-8-14-20-30/h4-7,9-12,15-18,30-34,43H,1-2,8,13-14,19-27H2,3H3/t31-,32-,33+,34?,38+,39?/m1/s1. The average Bonchev–Trinajstić information content (AvgIpc) is 3.67. The number of aliphatic hydroxyl groups is 1. The Morgan fingerprint density at radius 3 is 2.21 bits per heavy atom. The lowest BCUT2D eigenvalue weighted by atomic mass is 9.66. The van der Waals surface area contributed by atoms with Crippen molar-refractivity contribution in [1.29, 1.82) is 0 Å². The molecule has 2 aromatic carbocycles. The molecule has 250 valence electrons. The zero-order chi connectivity index (χ0) is 33.2. The van der Waals surface area contributed by atoms with Crippen LogP contribution in [0.5, 0.6) is 0 Å². The predicted octanol–water partition coefficient (Wildman–Crippen LogP) is 4.92. The van der Waals surface area contributed by atoms with Gasteiger partial charge in [0, 0.05) is 25.7 Å². The maximum Gasteiger partial charge on any atom is 0.248 e. The highest BCUT2D eigenvalue weighted by atomic mass is 16.5. The van der Waals surface area contributed by atoms with Crippen molar-refractivity contribution in [3.63, 3.8) is 0 Å². The molecule has 1 spiro atoms. The molecule has 8 nitrogen and oxygen atoms in total. The van der Waals surface area contributed by atoms with Crippen molar-refractivity contribution < 1.29 is 24.2 Å². The number of rotatable bonds is 13. The second-order valence-corrected chi connectivity index (χ2v) is 14.1. The molecule has 4 aliphatic rings. The third-order valence-corrected chi connectivity index (χ3v) is 11.1. The third-order valence-electron chi connectivity index (χ3n) is 11.1. The Morgan fingerprint density at radius 1 is 0.957 bits per heavy atom. The lowest BCUT2D eigenvalue weighted by Gasteiger charge is -2.42.